The Bertz CT molecular complexity index is 448. The summed E-state index contributed by atoms with van der Waals surface area (Å²) in [5.74, 6) is 2.12. The van der Waals surface area contributed by atoms with Crippen LogP contribution in [0.5, 0.6) is 0 Å². The second-order valence-corrected chi connectivity index (χ2v) is 6.73. The third kappa shape index (κ3) is 11.5. The van der Waals surface area contributed by atoms with Gasteiger partial charge in [0, 0.05) is 35.8 Å². The topological polar surface area (TPSA) is 7.76 Å². The molecule has 0 spiro atoms. The van der Waals surface area contributed by atoms with Gasteiger partial charge in [0.05, 0.1) is 0 Å². The van der Waals surface area contributed by atoms with E-state index in [1.807, 2.05) is 35.7 Å². The van der Waals surface area contributed by atoms with Crippen LogP contribution in [-0.4, -0.2) is 0 Å². The summed E-state index contributed by atoms with van der Waals surface area (Å²) in [5, 5.41) is 0. The Morgan fingerprint density at radius 3 is 1.18 bits per heavy atom. The van der Waals surface area contributed by atoms with E-state index < -0.39 is 0 Å². The quantitative estimate of drug-likeness (QED) is 0.185. The van der Waals surface area contributed by atoms with Crippen molar-refractivity contribution >= 4 is 117 Å². The van der Waals surface area contributed by atoms with Crippen molar-refractivity contribution in [2.75, 3.05) is 0 Å². The van der Waals surface area contributed by atoms with Crippen LogP contribution in [0.15, 0.2) is 49.1 Å². The molecule has 2 rings (SSSR count). The Hall–Kier alpha value is 1.92. The SMILES string of the molecule is C[n+]1ccc(CSSCc2cc[n+](C)cc2)cc1.I.I.I.I. The zero-order valence-corrected chi connectivity index (χ0v) is 23.3. The van der Waals surface area contributed by atoms with Crippen molar-refractivity contribution in [3.8, 4) is 0 Å². The molecule has 0 aliphatic heterocycles. The van der Waals surface area contributed by atoms with Crippen LogP contribution >= 0.6 is 117 Å². The van der Waals surface area contributed by atoms with Gasteiger partial charge < -0.3 is 0 Å². The maximum absolute atomic E-state index is 2.18. The Balaban J connectivity index is -0.000000902. The van der Waals surface area contributed by atoms with Crippen LogP contribution in [0.3, 0.4) is 0 Å². The number of hydrogen-bond donors (Lipinski definition) is 0. The van der Waals surface area contributed by atoms with E-state index in [1.54, 1.807) is 0 Å². The number of hydrogen-bond acceptors (Lipinski definition) is 2. The van der Waals surface area contributed by atoms with E-state index in [-0.39, 0.29) is 95.9 Å². The lowest BCUT2D eigenvalue weighted by Crippen LogP contribution is -2.25. The predicted octanol–water partition coefficient (Wildman–Crippen LogP) is 4.89. The zero-order valence-electron chi connectivity index (χ0n) is 12.4. The highest BCUT2D eigenvalue weighted by Crippen LogP contribution is 2.28. The minimum Gasteiger partial charge on any atom is -0.208 e. The molecule has 2 heterocycles. The molecule has 0 fully saturated rings. The van der Waals surface area contributed by atoms with Crippen molar-refractivity contribution in [2.45, 2.75) is 11.5 Å². The van der Waals surface area contributed by atoms with E-state index >= 15 is 0 Å². The van der Waals surface area contributed by atoms with Crippen molar-refractivity contribution in [3.63, 3.8) is 0 Å². The van der Waals surface area contributed by atoms with Gasteiger partial charge in [0.25, 0.3) is 0 Å². The van der Waals surface area contributed by atoms with Crippen molar-refractivity contribution < 1.29 is 9.13 Å². The Labute approximate surface area is 209 Å². The van der Waals surface area contributed by atoms with Crippen LogP contribution in [0.1, 0.15) is 11.1 Å². The second-order valence-electron chi connectivity index (χ2n) is 4.27. The maximum Gasteiger partial charge on any atom is 0.168 e. The van der Waals surface area contributed by atoms with E-state index in [0.29, 0.717) is 0 Å². The molecule has 0 bridgehead atoms. The van der Waals surface area contributed by atoms with Crippen LogP contribution in [0.4, 0.5) is 0 Å². The van der Waals surface area contributed by atoms with Gasteiger partial charge in [-0.25, -0.2) is 9.13 Å². The molecule has 22 heavy (non-hydrogen) atoms. The Morgan fingerprint density at radius 1 is 0.636 bits per heavy atom. The molecular weight excluding hydrogens is 768 g/mol. The van der Waals surface area contributed by atoms with Crippen LogP contribution in [0.2, 0.25) is 0 Å². The average Bonchev–Trinajstić information content (AvgIpc) is 2.39. The van der Waals surface area contributed by atoms with Crippen molar-refractivity contribution in [3.05, 3.63) is 60.2 Å². The number of pyridine rings is 2. The van der Waals surface area contributed by atoms with Gasteiger partial charge in [-0.15, -0.1) is 95.9 Å². The van der Waals surface area contributed by atoms with Crippen LogP contribution < -0.4 is 9.13 Å². The zero-order chi connectivity index (χ0) is 12.8. The first-order valence-electron chi connectivity index (χ1n) is 5.87. The third-order valence-electron chi connectivity index (χ3n) is 2.63. The minimum atomic E-state index is 0. The monoisotopic (exact) mass is 790 g/mol. The van der Waals surface area contributed by atoms with Gasteiger partial charge in [0.2, 0.25) is 0 Å². The van der Waals surface area contributed by atoms with Gasteiger partial charge in [-0.05, 0) is 11.1 Å². The summed E-state index contributed by atoms with van der Waals surface area (Å²) >= 11 is 0. The highest BCUT2D eigenvalue weighted by molar-refractivity contribution is 14.0. The van der Waals surface area contributed by atoms with Crippen LogP contribution in [-0.2, 0) is 25.6 Å². The van der Waals surface area contributed by atoms with Gasteiger partial charge in [-0.1, -0.05) is 21.6 Å². The van der Waals surface area contributed by atoms with E-state index in [0.717, 1.165) is 11.5 Å². The molecule has 8 heteroatoms. The smallest absolute Gasteiger partial charge is 0.168 e. The fourth-order valence-corrected chi connectivity index (χ4v) is 3.62. The number of halogens is 4. The largest absolute Gasteiger partial charge is 0.208 e. The second kappa shape index (κ2) is 16.4. The van der Waals surface area contributed by atoms with Gasteiger partial charge >= 0.3 is 0 Å². The first-order chi connectivity index (χ1) is 8.74. The molecule has 0 N–H and O–H groups in total. The van der Waals surface area contributed by atoms with Crippen molar-refractivity contribution in [1.29, 1.82) is 0 Å². The number of aromatic nitrogens is 2. The molecular formula is C14H22I4N2S2+2. The highest BCUT2D eigenvalue weighted by atomic mass is 127. The van der Waals surface area contributed by atoms with Crippen LogP contribution in [0, 0.1) is 0 Å². The molecule has 0 aliphatic rings. The van der Waals surface area contributed by atoms with Crippen molar-refractivity contribution in [1.82, 2.24) is 0 Å². The molecule has 2 aromatic heterocycles. The molecule has 0 radical (unpaired) electrons. The lowest BCUT2D eigenvalue weighted by molar-refractivity contribution is -0.671. The molecule has 0 aliphatic carbocycles. The molecule has 0 aromatic carbocycles. The summed E-state index contributed by atoms with van der Waals surface area (Å²) in [6, 6.07) is 8.71. The summed E-state index contributed by atoms with van der Waals surface area (Å²) < 4.78 is 4.12. The Kier molecular flexibility index (Phi) is 21.4. The van der Waals surface area contributed by atoms with E-state index in [1.165, 1.54) is 11.1 Å². The van der Waals surface area contributed by atoms with Crippen molar-refractivity contribution in [2.24, 2.45) is 14.1 Å². The Morgan fingerprint density at radius 2 is 0.909 bits per heavy atom. The summed E-state index contributed by atoms with van der Waals surface area (Å²) in [6.07, 6.45) is 8.38. The molecule has 0 unspecified atom stereocenters. The van der Waals surface area contributed by atoms with E-state index in [4.69, 9.17) is 0 Å². The molecule has 0 amide bonds. The average molecular weight is 790 g/mol. The summed E-state index contributed by atoms with van der Waals surface area (Å²) in [4.78, 5) is 0. The number of nitrogens with zero attached hydrogens (tertiary/aromatic N) is 2. The summed E-state index contributed by atoms with van der Waals surface area (Å²) in [7, 11) is 7.91. The lowest BCUT2D eigenvalue weighted by atomic mass is 10.3. The fourth-order valence-electron chi connectivity index (χ4n) is 1.48. The maximum atomic E-state index is 2.18. The first kappa shape index (κ1) is 28.7. The van der Waals surface area contributed by atoms with E-state index in [9.17, 15) is 0 Å². The molecule has 2 aromatic rings. The van der Waals surface area contributed by atoms with Gasteiger partial charge in [0.15, 0.2) is 24.8 Å². The molecule has 0 saturated carbocycles. The first-order valence-corrected chi connectivity index (χ1v) is 8.35. The molecule has 0 saturated heterocycles. The highest BCUT2D eigenvalue weighted by Gasteiger charge is 1.99. The lowest BCUT2D eigenvalue weighted by Gasteiger charge is -2.01. The summed E-state index contributed by atoms with van der Waals surface area (Å²) in [6.45, 7) is 0. The molecule has 2 nitrogen and oxygen atoms in total. The standard InChI is InChI=1S/C14H18N2S2.4HI/c1-15-7-3-13(4-8-15)11-17-18-12-14-5-9-16(2)10-6-14;;;;/h3-10H,11-12H2,1-2H3;4*1H/q+2;;;;. The predicted molar refractivity (Wildman–Crippen MR) is 139 cm³/mol. The van der Waals surface area contributed by atoms with Gasteiger partial charge in [0.1, 0.15) is 14.1 Å². The van der Waals surface area contributed by atoms with Gasteiger partial charge in [-0.3, -0.25) is 0 Å². The minimum absolute atomic E-state index is 0. The van der Waals surface area contributed by atoms with Gasteiger partial charge in [-0.2, -0.15) is 0 Å². The van der Waals surface area contributed by atoms with E-state index in [2.05, 4.69) is 58.2 Å². The van der Waals surface area contributed by atoms with Crippen LogP contribution in [0.25, 0.3) is 0 Å². The molecule has 126 valence electrons. The number of aryl methyl sites for hydroxylation is 2. The normalized spacial score (nSPS) is 8.64. The summed E-state index contributed by atoms with van der Waals surface area (Å²) in [5.41, 5.74) is 2.76. The molecule has 0 atom stereocenters. The number of rotatable bonds is 5. The third-order valence-corrected chi connectivity index (χ3v) is 4.91. The fraction of sp³-hybridized carbons (Fsp3) is 0.286.